The number of ether oxygens (including phenoxy) is 1. The Morgan fingerprint density at radius 3 is 2.77 bits per heavy atom. The van der Waals surface area contributed by atoms with Crippen LogP contribution in [0.25, 0.3) is 11.0 Å². The molecule has 0 unspecified atom stereocenters. The van der Waals surface area contributed by atoms with E-state index in [0.717, 1.165) is 23.9 Å². The maximum Gasteiger partial charge on any atom is 0.268 e. The average Bonchev–Trinajstić information content (AvgIpc) is 3.20. The van der Waals surface area contributed by atoms with Crippen molar-refractivity contribution in [2.75, 3.05) is 26.2 Å². The number of pyridine rings is 1. The molecule has 1 saturated heterocycles. The number of hydrogen-bond donors (Lipinski definition) is 2. The van der Waals surface area contributed by atoms with Crippen molar-refractivity contribution in [2.24, 2.45) is 0 Å². The third-order valence-corrected chi connectivity index (χ3v) is 5.39. The van der Waals surface area contributed by atoms with Gasteiger partial charge in [-0.05, 0) is 62.2 Å². The van der Waals surface area contributed by atoms with E-state index in [1.807, 2.05) is 6.07 Å². The summed E-state index contributed by atoms with van der Waals surface area (Å²) in [7, 11) is 0. The Morgan fingerprint density at radius 2 is 1.97 bits per heavy atom. The van der Waals surface area contributed by atoms with Gasteiger partial charge in [-0.2, -0.15) is 0 Å². The first-order valence-electron chi connectivity index (χ1n) is 10.5. The van der Waals surface area contributed by atoms with Crippen LogP contribution in [-0.4, -0.2) is 47.0 Å². The molecule has 158 valence electrons. The van der Waals surface area contributed by atoms with Crippen LogP contribution < -0.4 is 10.1 Å². The van der Waals surface area contributed by atoms with Crippen molar-refractivity contribution in [3.8, 4) is 5.75 Å². The zero-order valence-electron chi connectivity index (χ0n) is 17.0. The van der Waals surface area contributed by atoms with Gasteiger partial charge in [0.25, 0.3) is 5.91 Å². The number of aromatic nitrogens is 2. The maximum absolute atomic E-state index is 13.0. The predicted molar refractivity (Wildman–Crippen MR) is 114 cm³/mol. The molecule has 3 aromatic rings. The molecular weight excluding hydrogens is 383 g/mol. The second-order valence-electron chi connectivity index (χ2n) is 7.71. The Kier molecular flexibility index (Phi) is 6.59. The Hall–Kier alpha value is -2.93. The van der Waals surface area contributed by atoms with Crippen LogP contribution in [0.5, 0.6) is 5.75 Å². The molecule has 1 aliphatic rings. The van der Waals surface area contributed by atoms with Crippen LogP contribution in [0.4, 0.5) is 4.39 Å². The molecule has 2 aromatic heterocycles. The first-order chi connectivity index (χ1) is 14.7. The van der Waals surface area contributed by atoms with Crippen molar-refractivity contribution in [2.45, 2.75) is 32.2 Å². The summed E-state index contributed by atoms with van der Waals surface area (Å²) >= 11 is 0. The van der Waals surface area contributed by atoms with Crippen LogP contribution >= 0.6 is 0 Å². The summed E-state index contributed by atoms with van der Waals surface area (Å²) in [5.74, 6) is 0.177. The second-order valence-corrected chi connectivity index (χ2v) is 7.71. The zero-order valence-corrected chi connectivity index (χ0v) is 17.0. The highest BCUT2D eigenvalue weighted by atomic mass is 19.1. The maximum atomic E-state index is 13.0. The van der Waals surface area contributed by atoms with E-state index in [1.54, 1.807) is 24.4 Å². The van der Waals surface area contributed by atoms with Gasteiger partial charge in [0.2, 0.25) is 0 Å². The van der Waals surface area contributed by atoms with E-state index in [2.05, 4.69) is 20.2 Å². The summed E-state index contributed by atoms with van der Waals surface area (Å²) in [5.41, 5.74) is 1.91. The second kappa shape index (κ2) is 9.71. The van der Waals surface area contributed by atoms with Crippen molar-refractivity contribution in [3.63, 3.8) is 0 Å². The summed E-state index contributed by atoms with van der Waals surface area (Å²) in [6.07, 6.45) is 6.62. The first kappa shape index (κ1) is 20.3. The molecule has 0 bridgehead atoms. The molecular formula is C23H27FN4O2. The van der Waals surface area contributed by atoms with Crippen molar-refractivity contribution < 1.29 is 13.9 Å². The highest BCUT2D eigenvalue weighted by Gasteiger charge is 2.12. The first-order valence-corrected chi connectivity index (χ1v) is 10.5. The molecule has 4 rings (SSSR count). The lowest BCUT2D eigenvalue weighted by molar-refractivity contribution is 0.0946. The molecule has 0 radical (unpaired) electrons. The van der Waals surface area contributed by atoms with Gasteiger partial charge in [-0.25, -0.2) is 9.37 Å². The molecule has 0 saturated carbocycles. The molecule has 1 aromatic carbocycles. The lowest BCUT2D eigenvalue weighted by atomic mass is 10.1. The molecule has 7 heteroatoms. The van der Waals surface area contributed by atoms with Crippen LogP contribution in [0.1, 0.15) is 41.7 Å². The highest BCUT2D eigenvalue weighted by Crippen LogP contribution is 2.20. The van der Waals surface area contributed by atoms with E-state index in [9.17, 15) is 9.18 Å². The quantitative estimate of drug-likeness (QED) is 0.553. The fourth-order valence-electron chi connectivity index (χ4n) is 3.74. The van der Waals surface area contributed by atoms with Crippen LogP contribution in [0.15, 0.2) is 42.6 Å². The van der Waals surface area contributed by atoms with Crippen molar-refractivity contribution in [3.05, 3.63) is 59.7 Å². The van der Waals surface area contributed by atoms with Gasteiger partial charge >= 0.3 is 0 Å². The number of nitrogens with zero attached hydrogens (tertiary/aromatic N) is 2. The zero-order chi connectivity index (χ0) is 20.8. The normalized spacial score (nSPS) is 14.7. The van der Waals surface area contributed by atoms with Crippen LogP contribution in [0.2, 0.25) is 0 Å². The number of carbonyl (C=O) groups excluding carboxylic acids is 1. The Labute approximate surface area is 175 Å². The molecule has 30 heavy (non-hydrogen) atoms. The van der Waals surface area contributed by atoms with Gasteiger partial charge in [-0.1, -0.05) is 18.6 Å². The number of carbonyl (C=O) groups is 1. The number of likely N-dealkylation sites (tertiary alicyclic amines) is 1. The molecule has 1 fully saturated rings. The predicted octanol–water partition coefficient (Wildman–Crippen LogP) is 3.89. The van der Waals surface area contributed by atoms with E-state index in [-0.39, 0.29) is 11.7 Å². The highest BCUT2D eigenvalue weighted by molar-refractivity contribution is 5.97. The number of aromatic amines is 1. The summed E-state index contributed by atoms with van der Waals surface area (Å²) in [6, 6.07) is 9.72. The van der Waals surface area contributed by atoms with Crippen LogP contribution in [-0.2, 0) is 6.54 Å². The Morgan fingerprint density at radius 1 is 1.17 bits per heavy atom. The van der Waals surface area contributed by atoms with Gasteiger partial charge in [0.05, 0.1) is 12.8 Å². The van der Waals surface area contributed by atoms with E-state index in [4.69, 9.17) is 4.74 Å². The summed E-state index contributed by atoms with van der Waals surface area (Å²) < 4.78 is 18.8. The minimum absolute atomic E-state index is 0.235. The smallest absolute Gasteiger partial charge is 0.268 e. The summed E-state index contributed by atoms with van der Waals surface area (Å²) in [5, 5.41) is 3.66. The molecule has 3 heterocycles. The fourth-order valence-corrected chi connectivity index (χ4v) is 3.74. The van der Waals surface area contributed by atoms with Crippen LogP contribution in [0, 0.1) is 5.82 Å². The standard InChI is InChI=1S/C23H27FN4O2/c24-19-7-5-17(6-8-19)15-26-23(29)21-14-18-13-20(16-25-22(18)27-21)30-12-4-11-28-9-2-1-3-10-28/h5-8,13-14,16H,1-4,9-12,15H2,(H,25,27)(H,26,29). The number of fused-ring (bicyclic) bond motifs is 1. The van der Waals surface area contributed by atoms with Gasteiger partial charge in [-0.3, -0.25) is 4.79 Å². The molecule has 6 nitrogen and oxygen atoms in total. The van der Waals surface area contributed by atoms with Crippen LogP contribution in [0.3, 0.4) is 0 Å². The van der Waals surface area contributed by atoms with Crippen molar-refractivity contribution >= 4 is 16.9 Å². The number of rotatable bonds is 8. The lowest BCUT2D eigenvalue weighted by Crippen LogP contribution is -2.31. The SMILES string of the molecule is O=C(NCc1ccc(F)cc1)c1cc2cc(OCCCN3CCCCC3)cnc2[nH]1. The van der Waals surface area contributed by atoms with Crippen molar-refractivity contribution in [1.82, 2.24) is 20.2 Å². The average molecular weight is 410 g/mol. The van der Waals surface area contributed by atoms with E-state index < -0.39 is 0 Å². The fraction of sp³-hybridized carbons (Fsp3) is 0.391. The number of hydrogen-bond acceptors (Lipinski definition) is 4. The number of piperidine rings is 1. The Bertz CT molecular complexity index is 981. The largest absolute Gasteiger partial charge is 0.492 e. The molecule has 0 spiro atoms. The number of nitrogens with one attached hydrogen (secondary N) is 2. The van der Waals surface area contributed by atoms with Gasteiger partial charge in [0.15, 0.2) is 0 Å². The van der Waals surface area contributed by atoms with E-state index in [0.29, 0.717) is 30.2 Å². The minimum Gasteiger partial charge on any atom is -0.492 e. The minimum atomic E-state index is -0.295. The van der Waals surface area contributed by atoms with Gasteiger partial charge in [0, 0.05) is 18.5 Å². The number of H-pyrrole nitrogens is 1. The van der Waals surface area contributed by atoms with Gasteiger partial charge in [-0.15, -0.1) is 0 Å². The monoisotopic (exact) mass is 410 g/mol. The third kappa shape index (κ3) is 5.36. The molecule has 0 aliphatic carbocycles. The third-order valence-electron chi connectivity index (χ3n) is 5.39. The lowest BCUT2D eigenvalue weighted by Gasteiger charge is -2.26. The van der Waals surface area contributed by atoms with E-state index >= 15 is 0 Å². The summed E-state index contributed by atoms with van der Waals surface area (Å²) in [4.78, 5) is 22.3. The molecule has 0 atom stereocenters. The van der Waals surface area contributed by atoms with Gasteiger partial charge in [0.1, 0.15) is 22.9 Å². The topological polar surface area (TPSA) is 70.2 Å². The number of amides is 1. The Balaban J connectivity index is 1.29. The van der Waals surface area contributed by atoms with Gasteiger partial charge < -0.3 is 19.9 Å². The van der Waals surface area contributed by atoms with Crippen molar-refractivity contribution in [1.29, 1.82) is 0 Å². The number of benzene rings is 1. The molecule has 1 amide bonds. The van der Waals surface area contributed by atoms with E-state index in [1.165, 1.54) is 44.5 Å². The molecule has 2 N–H and O–H groups in total. The summed E-state index contributed by atoms with van der Waals surface area (Å²) in [6.45, 7) is 4.44. The number of halogens is 1. The molecule has 1 aliphatic heterocycles.